The second-order valence-corrected chi connectivity index (χ2v) is 6.11. The van der Waals surface area contributed by atoms with Crippen molar-refractivity contribution < 1.29 is 9.72 Å². The van der Waals surface area contributed by atoms with Gasteiger partial charge in [-0.2, -0.15) is 0 Å². The molecule has 0 fully saturated rings. The van der Waals surface area contributed by atoms with Gasteiger partial charge in [0.15, 0.2) is 0 Å². The summed E-state index contributed by atoms with van der Waals surface area (Å²) in [5.74, 6) is -0.361. The maximum absolute atomic E-state index is 12.4. The van der Waals surface area contributed by atoms with Crippen molar-refractivity contribution in [1.29, 1.82) is 0 Å². The van der Waals surface area contributed by atoms with E-state index in [4.69, 9.17) is 11.6 Å². The molecule has 0 spiro atoms. The number of nitrogens with one attached hydrogen (secondary N) is 1. The molecule has 1 N–H and O–H groups in total. The van der Waals surface area contributed by atoms with Crippen LogP contribution in [-0.2, 0) is 0 Å². The van der Waals surface area contributed by atoms with E-state index in [1.807, 2.05) is 39.0 Å². The highest BCUT2D eigenvalue weighted by molar-refractivity contribution is 6.32. The van der Waals surface area contributed by atoms with Crippen LogP contribution in [-0.4, -0.2) is 10.8 Å². The third kappa shape index (κ3) is 3.92. The van der Waals surface area contributed by atoms with E-state index in [2.05, 4.69) is 5.32 Å². The van der Waals surface area contributed by atoms with E-state index in [1.165, 1.54) is 23.8 Å². The summed E-state index contributed by atoms with van der Waals surface area (Å²) in [5, 5.41) is 13.9. The van der Waals surface area contributed by atoms with Crippen molar-refractivity contribution in [2.75, 3.05) is 0 Å². The monoisotopic (exact) mass is 346 g/mol. The Bertz CT molecular complexity index is 790. The first-order chi connectivity index (χ1) is 11.3. The number of rotatable bonds is 5. The molecule has 2 aromatic carbocycles. The number of nitro benzene ring substituents is 1. The molecular formula is C18H19ClN2O3. The molecule has 0 heterocycles. The molecule has 24 heavy (non-hydrogen) atoms. The highest BCUT2D eigenvalue weighted by Gasteiger charge is 2.19. The lowest BCUT2D eigenvalue weighted by Gasteiger charge is -2.18. The number of hydrogen-bond donors (Lipinski definition) is 1. The van der Waals surface area contributed by atoms with Gasteiger partial charge in [0, 0.05) is 11.6 Å². The van der Waals surface area contributed by atoms with Gasteiger partial charge < -0.3 is 5.32 Å². The number of nitrogens with zero attached hydrogens (tertiary/aromatic N) is 1. The summed E-state index contributed by atoms with van der Waals surface area (Å²) in [5.41, 5.74) is 3.30. The van der Waals surface area contributed by atoms with Gasteiger partial charge in [-0.05, 0) is 49.1 Å². The second-order valence-electron chi connectivity index (χ2n) is 5.70. The van der Waals surface area contributed by atoms with E-state index in [0.29, 0.717) is 6.42 Å². The largest absolute Gasteiger partial charge is 0.345 e. The Hall–Kier alpha value is -2.40. The molecule has 0 aliphatic heterocycles. The van der Waals surface area contributed by atoms with Gasteiger partial charge in [-0.1, -0.05) is 36.7 Å². The molecular weight excluding hydrogens is 328 g/mol. The van der Waals surface area contributed by atoms with E-state index >= 15 is 0 Å². The van der Waals surface area contributed by atoms with Crippen LogP contribution < -0.4 is 5.32 Å². The van der Waals surface area contributed by atoms with Crippen LogP contribution in [0.15, 0.2) is 36.4 Å². The first-order valence-electron chi connectivity index (χ1n) is 7.65. The topological polar surface area (TPSA) is 72.2 Å². The summed E-state index contributed by atoms with van der Waals surface area (Å²) in [6.45, 7) is 6.03. The standard InChI is InChI=1S/C18H19ClN2O3/c1-4-16(13-6-5-11(2)12(3)9-13)20-18(22)14-7-8-15(19)17(10-14)21(23)24/h5-10,16H,4H2,1-3H3,(H,20,22). The van der Waals surface area contributed by atoms with Crippen LogP contribution >= 0.6 is 11.6 Å². The van der Waals surface area contributed by atoms with Crippen molar-refractivity contribution in [2.24, 2.45) is 0 Å². The predicted octanol–water partition coefficient (Wildman–Crippen LogP) is 4.75. The first-order valence-corrected chi connectivity index (χ1v) is 8.03. The lowest BCUT2D eigenvalue weighted by atomic mass is 9.99. The Morgan fingerprint density at radius 3 is 2.50 bits per heavy atom. The summed E-state index contributed by atoms with van der Waals surface area (Å²) in [7, 11) is 0. The van der Waals surface area contributed by atoms with Crippen molar-refractivity contribution in [3.63, 3.8) is 0 Å². The molecule has 0 radical (unpaired) electrons. The minimum absolute atomic E-state index is 0.0118. The summed E-state index contributed by atoms with van der Waals surface area (Å²) in [4.78, 5) is 22.8. The molecule has 126 valence electrons. The molecule has 0 aromatic heterocycles. The van der Waals surface area contributed by atoms with Crippen LogP contribution in [0, 0.1) is 24.0 Å². The van der Waals surface area contributed by atoms with Crippen LogP contribution in [0.1, 0.15) is 46.4 Å². The zero-order chi connectivity index (χ0) is 17.9. The number of halogens is 1. The molecule has 0 aliphatic rings. The number of amides is 1. The van der Waals surface area contributed by atoms with Gasteiger partial charge in [0.2, 0.25) is 0 Å². The van der Waals surface area contributed by atoms with E-state index in [-0.39, 0.29) is 28.2 Å². The quantitative estimate of drug-likeness (QED) is 0.627. The van der Waals surface area contributed by atoms with Gasteiger partial charge >= 0.3 is 0 Å². The fourth-order valence-electron chi connectivity index (χ4n) is 2.44. The molecule has 6 heteroatoms. The highest BCUT2D eigenvalue weighted by Crippen LogP contribution is 2.26. The fourth-order valence-corrected chi connectivity index (χ4v) is 2.62. The minimum Gasteiger partial charge on any atom is -0.345 e. The van der Waals surface area contributed by atoms with Crippen molar-refractivity contribution in [3.05, 3.63) is 73.8 Å². The Morgan fingerprint density at radius 1 is 1.21 bits per heavy atom. The number of nitro groups is 1. The van der Waals surface area contributed by atoms with Gasteiger partial charge in [-0.3, -0.25) is 14.9 Å². The molecule has 1 atom stereocenters. The molecule has 5 nitrogen and oxygen atoms in total. The average Bonchev–Trinajstić information content (AvgIpc) is 2.55. The number of hydrogen-bond acceptors (Lipinski definition) is 3. The van der Waals surface area contributed by atoms with Gasteiger partial charge in [-0.25, -0.2) is 0 Å². The average molecular weight is 347 g/mol. The Balaban J connectivity index is 2.25. The van der Waals surface area contributed by atoms with Crippen LogP contribution in [0.4, 0.5) is 5.69 Å². The molecule has 0 saturated carbocycles. The Labute approximate surface area is 145 Å². The van der Waals surface area contributed by atoms with E-state index in [0.717, 1.165) is 11.1 Å². The summed E-state index contributed by atoms with van der Waals surface area (Å²) >= 11 is 5.78. The van der Waals surface area contributed by atoms with Crippen LogP contribution in [0.3, 0.4) is 0 Å². The summed E-state index contributed by atoms with van der Waals surface area (Å²) in [6.07, 6.45) is 0.712. The van der Waals surface area contributed by atoms with Crippen molar-refractivity contribution in [1.82, 2.24) is 5.32 Å². The van der Waals surface area contributed by atoms with E-state index in [1.54, 1.807) is 0 Å². The molecule has 0 aliphatic carbocycles. The van der Waals surface area contributed by atoms with Gasteiger partial charge in [0.25, 0.3) is 11.6 Å². The van der Waals surface area contributed by atoms with E-state index in [9.17, 15) is 14.9 Å². The predicted molar refractivity (Wildman–Crippen MR) is 94.5 cm³/mol. The molecule has 0 bridgehead atoms. The zero-order valence-corrected chi connectivity index (χ0v) is 14.6. The summed E-state index contributed by atoms with van der Waals surface area (Å²) < 4.78 is 0. The lowest BCUT2D eigenvalue weighted by Crippen LogP contribution is -2.28. The maximum Gasteiger partial charge on any atom is 0.288 e. The summed E-state index contributed by atoms with van der Waals surface area (Å²) in [6, 6.07) is 9.95. The number of carbonyl (C=O) groups excluding carboxylic acids is 1. The van der Waals surface area contributed by atoms with Crippen molar-refractivity contribution in [2.45, 2.75) is 33.2 Å². The van der Waals surface area contributed by atoms with Gasteiger partial charge in [0.1, 0.15) is 5.02 Å². The number of carbonyl (C=O) groups is 1. The molecule has 0 saturated heterocycles. The SMILES string of the molecule is CCC(NC(=O)c1ccc(Cl)c([N+](=O)[O-])c1)c1ccc(C)c(C)c1. The minimum atomic E-state index is -0.597. The number of aryl methyl sites for hydroxylation is 2. The van der Waals surface area contributed by atoms with Crippen LogP contribution in [0.2, 0.25) is 5.02 Å². The second kappa shape index (κ2) is 7.45. The Kier molecular flexibility index (Phi) is 5.57. The zero-order valence-electron chi connectivity index (χ0n) is 13.8. The van der Waals surface area contributed by atoms with Gasteiger partial charge in [0.05, 0.1) is 11.0 Å². The first kappa shape index (κ1) is 17.9. The normalized spacial score (nSPS) is 11.8. The third-order valence-electron chi connectivity index (χ3n) is 4.05. The Morgan fingerprint density at radius 2 is 1.92 bits per heavy atom. The lowest BCUT2D eigenvalue weighted by molar-refractivity contribution is -0.384. The van der Waals surface area contributed by atoms with E-state index < -0.39 is 4.92 Å². The van der Waals surface area contributed by atoms with Crippen molar-refractivity contribution >= 4 is 23.2 Å². The number of benzene rings is 2. The molecule has 1 amide bonds. The smallest absolute Gasteiger partial charge is 0.288 e. The van der Waals surface area contributed by atoms with Crippen LogP contribution in [0.25, 0.3) is 0 Å². The highest BCUT2D eigenvalue weighted by atomic mass is 35.5. The molecule has 2 rings (SSSR count). The molecule has 1 unspecified atom stereocenters. The molecule has 2 aromatic rings. The third-order valence-corrected chi connectivity index (χ3v) is 4.37. The van der Waals surface area contributed by atoms with Crippen LogP contribution in [0.5, 0.6) is 0 Å². The van der Waals surface area contributed by atoms with Gasteiger partial charge in [-0.15, -0.1) is 0 Å². The maximum atomic E-state index is 12.4. The van der Waals surface area contributed by atoms with Crippen molar-refractivity contribution in [3.8, 4) is 0 Å². The fraction of sp³-hybridized carbons (Fsp3) is 0.278.